The lowest BCUT2D eigenvalue weighted by atomic mass is 9.98. The third-order valence-corrected chi connectivity index (χ3v) is 5.05. The third-order valence-electron chi connectivity index (χ3n) is 4.48. The fourth-order valence-corrected chi connectivity index (χ4v) is 3.48. The minimum atomic E-state index is -4.74. The van der Waals surface area contributed by atoms with Gasteiger partial charge in [-0.25, -0.2) is 4.79 Å². The van der Waals surface area contributed by atoms with E-state index in [2.05, 4.69) is 15.2 Å². The zero-order valence-electron chi connectivity index (χ0n) is 16.5. The van der Waals surface area contributed by atoms with Crippen LogP contribution in [0.15, 0.2) is 65.0 Å². The topological polar surface area (TPSA) is 74.9 Å². The van der Waals surface area contributed by atoms with Crippen LogP contribution in [0.5, 0.6) is 0 Å². The first-order valence-corrected chi connectivity index (χ1v) is 9.87. The molecule has 0 radical (unpaired) electrons. The minimum absolute atomic E-state index is 0.126. The van der Waals surface area contributed by atoms with E-state index in [0.717, 1.165) is 18.2 Å². The summed E-state index contributed by atoms with van der Waals surface area (Å²) in [6, 6.07) is 5.98. The molecule has 1 N–H and O–H groups in total. The normalized spacial score (nSPS) is 13.3. The largest absolute Gasteiger partial charge is 0.478 e. The van der Waals surface area contributed by atoms with E-state index in [1.807, 2.05) is 0 Å². The molecule has 1 atom stereocenters. The number of pyridine rings is 1. The molecule has 0 amide bonds. The van der Waals surface area contributed by atoms with Crippen LogP contribution in [0.4, 0.5) is 32.0 Å². The van der Waals surface area contributed by atoms with Crippen molar-refractivity contribution in [2.24, 2.45) is 10.2 Å². The predicted octanol–water partition coefficient (Wildman–Crippen LogP) is 8.00. The molecule has 0 fully saturated rings. The highest BCUT2D eigenvalue weighted by Gasteiger charge is 2.33. The maximum absolute atomic E-state index is 13.2. The molecule has 13 heteroatoms. The van der Waals surface area contributed by atoms with Gasteiger partial charge in [-0.2, -0.15) is 36.6 Å². The summed E-state index contributed by atoms with van der Waals surface area (Å²) < 4.78 is 78.6. The van der Waals surface area contributed by atoms with Crippen LogP contribution in [-0.2, 0) is 12.4 Å². The molecular weight excluding hydrogens is 511 g/mol. The maximum atomic E-state index is 13.2. The number of rotatable bonds is 5. The van der Waals surface area contributed by atoms with E-state index in [4.69, 9.17) is 23.2 Å². The summed E-state index contributed by atoms with van der Waals surface area (Å²) in [5.41, 5.74) is -3.32. The van der Waals surface area contributed by atoms with Crippen molar-refractivity contribution in [2.75, 3.05) is 0 Å². The van der Waals surface area contributed by atoms with Crippen LogP contribution in [-0.4, -0.2) is 16.1 Å². The Morgan fingerprint density at radius 2 is 1.53 bits per heavy atom. The summed E-state index contributed by atoms with van der Waals surface area (Å²) >= 11 is 11.8. The van der Waals surface area contributed by atoms with Gasteiger partial charge in [0.05, 0.1) is 32.4 Å². The molecular formula is C21H11Cl2F6N3O2. The van der Waals surface area contributed by atoms with Crippen molar-refractivity contribution in [2.45, 2.75) is 18.4 Å². The Bertz CT molecular complexity index is 1240. The lowest BCUT2D eigenvalue weighted by molar-refractivity contribution is -0.138. The van der Waals surface area contributed by atoms with E-state index >= 15 is 0 Å². The molecule has 0 saturated carbocycles. The Morgan fingerprint density at radius 1 is 0.912 bits per heavy atom. The average molecular weight is 522 g/mol. The summed E-state index contributed by atoms with van der Waals surface area (Å²) in [4.78, 5) is 15.6. The first-order valence-electron chi connectivity index (χ1n) is 9.11. The van der Waals surface area contributed by atoms with Gasteiger partial charge in [-0.15, -0.1) is 0 Å². The van der Waals surface area contributed by atoms with Gasteiger partial charge >= 0.3 is 18.3 Å². The molecule has 0 spiro atoms. The lowest BCUT2D eigenvalue weighted by Crippen LogP contribution is -2.11. The van der Waals surface area contributed by atoms with Crippen molar-refractivity contribution >= 4 is 34.9 Å². The fraction of sp³-hybridized carbons (Fsp3) is 0.143. The Hall–Kier alpha value is -3.18. The van der Waals surface area contributed by atoms with Gasteiger partial charge in [-0.1, -0.05) is 35.3 Å². The van der Waals surface area contributed by atoms with Crippen molar-refractivity contribution in [1.29, 1.82) is 0 Å². The highest BCUT2D eigenvalue weighted by molar-refractivity contribution is 6.38. The number of alkyl halides is 6. The molecule has 178 valence electrons. The number of halogens is 8. The maximum Gasteiger partial charge on any atom is 0.416 e. The standard InChI is InChI=1S/C21H11Cl2F6N3O2/c22-14-8-12(21(27,28)29)9-15(23)18(14)32-31-16(17-13(19(33)34)5-2-6-30-17)10-3-1-4-11(7-10)20(24,25)26/h1-9,16H,(H,33,34). The zero-order chi connectivity index (χ0) is 25.3. The summed E-state index contributed by atoms with van der Waals surface area (Å²) in [6.45, 7) is 0. The monoisotopic (exact) mass is 521 g/mol. The third kappa shape index (κ3) is 5.65. The quantitative estimate of drug-likeness (QED) is 0.273. The summed E-state index contributed by atoms with van der Waals surface area (Å²) in [5, 5.41) is 16.1. The summed E-state index contributed by atoms with van der Waals surface area (Å²) in [6.07, 6.45) is -8.25. The fourth-order valence-electron chi connectivity index (χ4n) is 2.92. The molecule has 0 bridgehead atoms. The highest BCUT2D eigenvalue weighted by atomic mass is 35.5. The Morgan fingerprint density at radius 3 is 2.09 bits per heavy atom. The number of azo groups is 1. The van der Waals surface area contributed by atoms with E-state index in [-0.39, 0.29) is 22.5 Å². The molecule has 1 heterocycles. The highest BCUT2D eigenvalue weighted by Crippen LogP contribution is 2.41. The van der Waals surface area contributed by atoms with Crippen molar-refractivity contribution in [3.05, 3.63) is 92.7 Å². The molecule has 0 aliphatic heterocycles. The van der Waals surface area contributed by atoms with Crippen molar-refractivity contribution < 1.29 is 36.2 Å². The van der Waals surface area contributed by atoms with Gasteiger partial charge in [-0.3, -0.25) is 4.98 Å². The molecule has 34 heavy (non-hydrogen) atoms. The number of carboxylic acid groups (broad SMARTS) is 1. The second-order valence-corrected chi connectivity index (χ2v) is 7.58. The number of nitrogens with zero attached hydrogens (tertiary/aromatic N) is 3. The average Bonchev–Trinajstić information content (AvgIpc) is 2.74. The molecule has 0 saturated heterocycles. The van der Waals surface area contributed by atoms with E-state index in [1.165, 1.54) is 24.4 Å². The van der Waals surface area contributed by atoms with Gasteiger partial charge in [-0.05, 0) is 42.0 Å². The SMILES string of the molecule is O=C(O)c1cccnc1C(N=Nc1c(Cl)cc(C(F)(F)F)cc1Cl)c1cccc(C(F)(F)F)c1. The van der Waals surface area contributed by atoms with E-state index in [9.17, 15) is 36.2 Å². The molecule has 0 aliphatic carbocycles. The molecule has 0 aliphatic rings. The number of hydrogen-bond acceptors (Lipinski definition) is 4. The Kier molecular flexibility index (Phi) is 7.18. The minimum Gasteiger partial charge on any atom is -0.478 e. The first kappa shape index (κ1) is 25.4. The predicted molar refractivity (Wildman–Crippen MR) is 110 cm³/mol. The number of hydrogen-bond donors (Lipinski definition) is 1. The molecule has 2 aromatic carbocycles. The van der Waals surface area contributed by atoms with Gasteiger partial charge in [0, 0.05) is 6.20 Å². The van der Waals surface area contributed by atoms with Crippen LogP contribution in [0.25, 0.3) is 0 Å². The van der Waals surface area contributed by atoms with Crippen molar-refractivity contribution in [3.63, 3.8) is 0 Å². The second kappa shape index (κ2) is 9.59. The second-order valence-electron chi connectivity index (χ2n) is 6.77. The Balaban J connectivity index is 2.17. The Labute approximate surface area is 197 Å². The molecule has 1 aromatic heterocycles. The van der Waals surface area contributed by atoms with Crippen LogP contribution in [0.3, 0.4) is 0 Å². The number of carboxylic acids is 1. The first-order chi connectivity index (χ1) is 15.8. The molecule has 1 unspecified atom stereocenters. The van der Waals surface area contributed by atoms with Crippen molar-refractivity contribution in [1.82, 2.24) is 4.98 Å². The van der Waals surface area contributed by atoms with Crippen LogP contribution >= 0.6 is 23.2 Å². The van der Waals surface area contributed by atoms with Gasteiger partial charge < -0.3 is 5.11 Å². The van der Waals surface area contributed by atoms with E-state index < -0.39 is 45.5 Å². The molecule has 5 nitrogen and oxygen atoms in total. The van der Waals surface area contributed by atoms with Crippen LogP contribution < -0.4 is 0 Å². The smallest absolute Gasteiger partial charge is 0.416 e. The van der Waals surface area contributed by atoms with E-state index in [1.54, 1.807) is 0 Å². The number of benzene rings is 2. The molecule has 3 rings (SSSR count). The van der Waals surface area contributed by atoms with E-state index in [0.29, 0.717) is 12.1 Å². The summed E-state index contributed by atoms with van der Waals surface area (Å²) in [7, 11) is 0. The van der Waals surface area contributed by atoms with Gasteiger partial charge in [0.2, 0.25) is 0 Å². The van der Waals surface area contributed by atoms with Crippen molar-refractivity contribution in [3.8, 4) is 0 Å². The number of aromatic nitrogens is 1. The molecule has 3 aromatic rings. The zero-order valence-corrected chi connectivity index (χ0v) is 18.0. The van der Waals surface area contributed by atoms with Crippen LogP contribution in [0.2, 0.25) is 10.0 Å². The van der Waals surface area contributed by atoms with Crippen LogP contribution in [0, 0.1) is 0 Å². The van der Waals surface area contributed by atoms with Gasteiger partial charge in [0.1, 0.15) is 11.7 Å². The number of carbonyl (C=O) groups is 1. The lowest BCUT2D eigenvalue weighted by Gasteiger charge is -2.16. The number of aromatic carboxylic acids is 1. The van der Waals surface area contributed by atoms with Crippen LogP contribution in [0.1, 0.15) is 38.8 Å². The van der Waals surface area contributed by atoms with Gasteiger partial charge in [0.15, 0.2) is 0 Å². The summed E-state index contributed by atoms with van der Waals surface area (Å²) in [5.74, 6) is -1.43. The van der Waals surface area contributed by atoms with Gasteiger partial charge in [0.25, 0.3) is 0 Å².